The molecule has 98 valence electrons. The zero-order valence-electron chi connectivity index (χ0n) is 11.1. The fraction of sp³-hybridized carbons (Fsp3) is 0.562. The molecule has 0 heterocycles. The summed E-state index contributed by atoms with van der Waals surface area (Å²) in [5.41, 5.74) is 1.48. The van der Waals surface area contributed by atoms with Gasteiger partial charge in [0.25, 0.3) is 0 Å². The molecule has 2 heteroatoms. The lowest BCUT2D eigenvalue weighted by molar-refractivity contribution is -0.141. The molecule has 1 fully saturated rings. The molecule has 1 aromatic rings. The van der Waals surface area contributed by atoms with Crippen molar-refractivity contribution in [1.29, 1.82) is 0 Å². The molecule has 1 saturated carbocycles. The van der Waals surface area contributed by atoms with E-state index in [9.17, 15) is 4.79 Å². The zero-order valence-corrected chi connectivity index (χ0v) is 11.1. The molecule has 0 spiro atoms. The molecule has 0 saturated heterocycles. The molecule has 0 N–H and O–H groups in total. The second-order valence-corrected chi connectivity index (χ2v) is 5.26. The largest absolute Gasteiger partial charge is 0.466 e. The van der Waals surface area contributed by atoms with Crippen LogP contribution >= 0.6 is 0 Å². The van der Waals surface area contributed by atoms with Gasteiger partial charge >= 0.3 is 5.97 Å². The van der Waals surface area contributed by atoms with Gasteiger partial charge in [-0.1, -0.05) is 30.3 Å². The SMILES string of the molecule is CC(=O)OCCC1CCC(c2ccccc2)CC1. The number of esters is 1. The third kappa shape index (κ3) is 3.86. The molecule has 0 aromatic heterocycles. The van der Waals surface area contributed by atoms with Gasteiger partial charge in [0.05, 0.1) is 6.61 Å². The van der Waals surface area contributed by atoms with Crippen LogP contribution < -0.4 is 0 Å². The van der Waals surface area contributed by atoms with Gasteiger partial charge < -0.3 is 4.74 Å². The maximum atomic E-state index is 10.7. The Kier molecular flexibility index (Phi) is 4.80. The normalized spacial score (nSPS) is 23.6. The first-order chi connectivity index (χ1) is 8.75. The molecule has 1 aliphatic rings. The van der Waals surface area contributed by atoms with E-state index in [4.69, 9.17) is 4.74 Å². The lowest BCUT2D eigenvalue weighted by Gasteiger charge is -2.28. The molecule has 0 unspecified atom stereocenters. The number of hydrogen-bond acceptors (Lipinski definition) is 2. The van der Waals surface area contributed by atoms with Crippen LogP contribution in [0.25, 0.3) is 0 Å². The highest BCUT2D eigenvalue weighted by Crippen LogP contribution is 2.36. The summed E-state index contributed by atoms with van der Waals surface area (Å²) in [6.45, 7) is 2.07. The van der Waals surface area contributed by atoms with Crippen LogP contribution in [0.4, 0.5) is 0 Å². The topological polar surface area (TPSA) is 26.3 Å². The van der Waals surface area contributed by atoms with E-state index in [-0.39, 0.29) is 5.97 Å². The van der Waals surface area contributed by atoms with Crippen molar-refractivity contribution in [2.45, 2.75) is 44.9 Å². The van der Waals surface area contributed by atoms with Crippen molar-refractivity contribution in [3.05, 3.63) is 35.9 Å². The van der Waals surface area contributed by atoms with Crippen molar-refractivity contribution in [2.75, 3.05) is 6.61 Å². The van der Waals surface area contributed by atoms with Crippen molar-refractivity contribution in [3.8, 4) is 0 Å². The Balaban J connectivity index is 1.73. The van der Waals surface area contributed by atoms with Crippen LogP contribution in [0.1, 0.15) is 50.5 Å². The Morgan fingerprint density at radius 2 is 1.83 bits per heavy atom. The molecule has 0 aliphatic heterocycles. The van der Waals surface area contributed by atoms with Gasteiger partial charge in [0.15, 0.2) is 0 Å². The number of rotatable bonds is 4. The van der Waals surface area contributed by atoms with E-state index in [2.05, 4.69) is 30.3 Å². The van der Waals surface area contributed by atoms with Gasteiger partial charge in [0.1, 0.15) is 0 Å². The number of carbonyl (C=O) groups is 1. The second kappa shape index (κ2) is 6.58. The van der Waals surface area contributed by atoms with E-state index >= 15 is 0 Å². The van der Waals surface area contributed by atoms with E-state index < -0.39 is 0 Å². The average molecular weight is 246 g/mol. The van der Waals surface area contributed by atoms with Crippen LogP contribution in [-0.4, -0.2) is 12.6 Å². The molecule has 2 nitrogen and oxygen atoms in total. The first kappa shape index (κ1) is 13.1. The Morgan fingerprint density at radius 1 is 1.17 bits per heavy atom. The third-order valence-corrected chi connectivity index (χ3v) is 3.95. The Labute approximate surface area is 109 Å². The van der Waals surface area contributed by atoms with Crippen LogP contribution in [0.2, 0.25) is 0 Å². The maximum Gasteiger partial charge on any atom is 0.302 e. The van der Waals surface area contributed by atoms with Gasteiger partial charge in [0, 0.05) is 6.92 Å². The molecular formula is C16H22O2. The number of benzene rings is 1. The van der Waals surface area contributed by atoms with Crippen molar-refractivity contribution < 1.29 is 9.53 Å². The molecule has 0 amide bonds. The summed E-state index contributed by atoms with van der Waals surface area (Å²) in [5.74, 6) is 1.31. The summed E-state index contributed by atoms with van der Waals surface area (Å²) in [5, 5.41) is 0. The zero-order chi connectivity index (χ0) is 12.8. The predicted molar refractivity (Wildman–Crippen MR) is 72.4 cm³/mol. The molecule has 2 rings (SSSR count). The number of hydrogen-bond donors (Lipinski definition) is 0. The summed E-state index contributed by atoms with van der Waals surface area (Å²) in [6.07, 6.45) is 6.10. The fourth-order valence-corrected chi connectivity index (χ4v) is 2.88. The van der Waals surface area contributed by atoms with Crippen LogP contribution in [0.3, 0.4) is 0 Å². The Morgan fingerprint density at radius 3 is 2.44 bits per heavy atom. The van der Waals surface area contributed by atoms with Crippen molar-refractivity contribution in [2.24, 2.45) is 5.92 Å². The van der Waals surface area contributed by atoms with Gasteiger partial charge in [-0.05, 0) is 49.5 Å². The van der Waals surface area contributed by atoms with E-state index in [1.54, 1.807) is 0 Å². The molecule has 0 radical (unpaired) electrons. The van der Waals surface area contributed by atoms with Gasteiger partial charge in [-0.3, -0.25) is 4.79 Å². The fourth-order valence-electron chi connectivity index (χ4n) is 2.88. The van der Waals surface area contributed by atoms with Gasteiger partial charge in [0.2, 0.25) is 0 Å². The summed E-state index contributed by atoms with van der Waals surface area (Å²) < 4.78 is 5.02. The maximum absolute atomic E-state index is 10.7. The molecular weight excluding hydrogens is 224 g/mol. The third-order valence-electron chi connectivity index (χ3n) is 3.95. The minimum atomic E-state index is -0.159. The van der Waals surface area contributed by atoms with E-state index in [0.29, 0.717) is 6.61 Å². The van der Waals surface area contributed by atoms with Crippen LogP contribution in [0.5, 0.6) is 0 Å². The van der Waals surface area contributed by atoms with Crippen LogP contribution in [0.15, 0.2) is 30.3 Å². The second-order valence-electron chi connectivity index (χ2n) is 5.26. The van der Waals surface area contributed by atoms with E-state index in [0.717, 1.165) is 18.3 Å². The van der Waals surface area contributed by atoms with E-state index in [1.807, 2.05) is 0 Å². The summed E-state index contributed by atoms with van der Waals surface area (Å²) >= 11 is 0. The lowest BCUT2D eigenvalue weighted by atomic mass is 9.78. The Bertz CT molecular complexity index is 364. The number of ether oxygens (including phenoxy) is 1. The number of carbonyl (C=O) groups excluding carboxylic acids is 1. The van der Waals surface area contributed by atoms with Crippen LogP contribution in [-0.2, 0) is 9.53 Å². The predicted octanol–water partition coefficient (Wildman–Crippen LogP) is 3.91. The molecule has 1 aromatic carbocycles. The highest BCUT2D eigenvalue weighted by molar-refractivity contribution is 5.65. The quantitative estimate of drug-likeness (QED) is 0.753. The minimum absolute atomic E-state index is 0.159. The molecule has 18 heavy (non-hydrogen) atoms. The summed E-state index contributed by atoms with van der Waals surface area (Å²) in [6, 6.07) is 10.8. The first-order valence-corrected chi connectivity index (χ1v) is 6.94. The van der Waals surface area contributed by atoms with Gasteiger partial charge in [-0.25, -0.2) is 0 Å². The van der Waals surface area contributed by atoms with Crippen molar-refractivity contribution >= 4 is 5.97 Å². The van der Waals surface area contributed by atoms with Crippen LogP contribution in [0, 0.1) is 5.92 Å². The first-order valence-electron chi connectivity index (χ1n) is 6.94. The van der Waals surface area contributed by atoms with Gasteiger partial charge in [-0.2, -0.15) is 0 Å². The highest BCUT2D eigenvalue weighted by atomic mass is 16.5. The molecule has 0 bridgehead atoms. The minimum Gasteiger partial charge on any atom is -0.466 e. The van der Waals surface area contributed by atoms with Crippen molar-refractivity contribution in [1.82, 2.24) is 0 Å². The van der Waals surface area contributed by atoms with Crippen molar-refractivity contribution in [3.63, 3.8) is 0 Å². The van der Waals surface area contributed by atoms with Gasteiger partial charge in [-0.15, -0.1) is 0 Å². The standard InChI is InChI=1S/C16H22O2/c1-13(17)18-12-11-14-7-9-16(10-8-14)15-5-3-2-4-6-15/h2-6,14,16H,7-12H2,1H3. The average Bonchev–Trinajstić information content (AvgIpc) is 2.40. The summed E-state index contributed by atoms with van der Waals surface area (Å²) in [4.78, 5) is 10.7. The molecule has 0 atom stereocenters. The Hall–Kier alpha value is -1.31. The van der Waals surface area contributed by atoms with E-state index in [1.165, 1.54) is 38.2 Å². The smallest absolute Gasteiger partial charge is 0.302 e. The summed E-state index contributed by atoms with van der Waals surface area (Å²) in [7, 11) is 0. The highest BCUT2D eigenvalue weighted by Gasteiger charge is 2.22. The molecule has 1 aliphatic carbocycles. The lowest BCUT2D eigenvalue weighted by Crippen LogP contribution is -2.15. The monoisotopic (exact) mass is 246 g/mol.